The van der Waals surface area contributed by atoms with Crippen LogP contribution in [-0.2, 0) is 10.0 Å². The molecule has 0 aliphatic heterocycles. The molecule has 0 heterocycles. The van der Waals surface area contributed by atoms with Crippen LogP contribution in [0.3, 0.4) is 0 Å². The van der Waals surface area contributed by atoms with Gasteiger partial charge in [-0.05, 0) is 40.9 Å². The third kappa shape index (κ3) is 2.26. The van der Waals surface area contributed by atoms with Crippen LogP contribution >= 0.6 is 15.9 Å². The summed E-state index contributed by atoms with van der Waals surface area (Å²) in [5, 5.41) is 0. The minimum absolute atomic E-state index is 0.00602. The summed E-state index contributed by atoms with van der Waals surface area (Å²) < 4.78 is 39.7. The second-order valence-electron chi connectivity index (χ2n) is 4.16. The normalized spacial score (nSPS) is 17.2. The largest absolute Gasteiger partial charge is 0.247 e. The van der Waals surface area contributed by atoms with Crippen molar-refractivity contribution in [3.05, 3.63) is 28.5 Å². The van der Waals surface area contributed by atoms with Crippen molar-refractivity contribution in [3.8, 4) is 0 Å². The van der Waals surface area contributed by atoms with Gasteiger partial charge >= 0.3 is 0 Å². The van der Waals surface area contributed by atoms with Crippen LogP contribution in [0, 0.1) is 5.82 Å². The van der Waals surface area contributed by atoms with Crippen molar-refractivity contribution in [3.63, 3.8) is 0 Å². The van der Waals surface area contributed by atoms with Crippen LogP contribution in [0.25, 0.3) is 0 Å². The molecule has 1 aliphatic carbocycles. The highest BCUT2D eigenvalue weighted by Gasteiger charge is 2.34. The standard InChI is InChI=1S/C11H13BrFNO2S/c1-14(8-4-2-5-8)17(15,16)11-9(12)6-3-7-10(11)13/h3,6-8H,2,4-5H2,1H3. The quantitative estimate of drug-likeness (QED) is 0.858. The average Bonchev–Trinajstić information content (AvgIpc) is 2.13. The van der Waals surface area contributed by atoms with Gasteiger partial charge in [-0.15, -0.1) is 0 Å². The lowest BCUT2D eigenvalue weighted by atomic mass is 9.94. The molecule has 0 saturated heterocycles. The van der Waals surface area contributed by atoms with Gasteiger partial charge in [0, 0.05) is 17.6 Å². The van der Waals surface area contributed by atoms with Crippen molar-refractivity contribution in [1.29, 1.82) is 0 Å². The molecule has 94 valence electrons. The molecule has 1 aromatic carbocycles. The van der Waals surface area contributed by atoms with Gasteiger partial charge in [0.1, 0.15) is 10.7 Å². The van der Waals surface area contributed by atoms with E-state index in [2.05, 4.69) is 15.9 Å². The summed E-state index contributed by atoms with van der Waals surface area (Å²) in [6.07, 6.45) is 2.73. The van der Waals surface area contributed by atoms with Crippen molar-refractivity contribution >= 4 is 26.0 Å². The van der Waals surface area contributed by atoms with Crippen LogP contribution in [0.15, 0.2) is 27.6 Å². The molecule has 1 fully saturated rings. The van der Waals surface area contributed by atoms with Crippen LogP contribution in [-0.4, -0.2) is 25.8 Å². The summed E-state index contributed by atoms with van der Waals surface area (Å²) in [4.78, 5) is -0.269. The maximum atomic E-state index is 13.7. The zero-order valence-corrected chi connectivity index (χ0v) is 11.8. The Morgan fingerprint density at radius 1 is 1.41 bits per heavy atom. The molecule has 0 bridgehead atoms. The summed E-state index contributed by atoms with van der Waals surface area (Å²) >= 11 is 3.09. The predicted octanol–water partition coefficient (Wildman–Crippen LogP) is 2.76. The number of sulfonamides is 1. The summed E-state index contributed by atoms with van der Waals surface area (Å²) in [6.45, 7) is 0. The highest BCUT2D eigenvalue weighted by Crippen LogP contribution is 2.32. The SMILES string of the molecule is CN(C1CCC1)S(=O)(=O)c1c(F)cccc1Br. The first-order chi connectivity index (χ1) is 7.94. The molecule has 1 aliphatic rings. The van der Waals surface area contributed by atoms with E-state index in [0.717, 1.165) is 25.3 Å². The van der Waals surface area contributed by atoms with E-state index >= 15 is 0 Å². The van der Waals surface area contributed by atoms with Crippen LogP contribution in [0.2, 0.25) is 0 Å². The first-order valence-corrected chi connectivity index (χ1v) is 7.60. The maximum absolute atomic E-state index is 13.7. The van der Waals surface area contributed by atoms with Crippen molar-refractivity contribution in [2.75, 3.05) is 7.05 Å². The van der Waals surface area contributed by atoms with E-state index in [4.69, 9.17) is 0 Å². The Morgan fingerprint density at radius 3 is 2.53 bits per heavy atom. The van der Waals surface area contributed by atoms with E-state index in [0.29, 0.717) is 0 Å². The van der Waals surface area contributed by atoms with Crippen LogP contribution < -0.4 is 0 Å². The number of halogens is 2. The fourth-order valence-electron chi connectivity index (χ4n) is 1.82. The highest BCUT2D eigenvalue weighted by atomic mass is 79.9. The Bertz CT molecular complexity index is 508. The predicted molar refractivity (Wildman–Crippen MR) is 66.7 cm³/mol. The van der Waals surface area contributed by atoms with Gasteiger partial charge in [0.05, 0.1) is 0 Å². The maximum Gasteiger partial charge on any atom is 0.247 e. The number of benzene rings is 1. The number of hydrogen-bond donors (Lipinski definition) is 0. The monoisotopic (exact) mass is 321 g/mol. The zero-order valence-electron chi connectivity index (χ0n) is 9.36. The number of nitrogens with zero attached hydrogens (tertiary/aromatic N) is 1. The lowest BCUT2D eigenvalue weighted by Crippen LogP contribution is -2.41. The fourth-order valence-corrected chi connectivity index (χ4v) is 4.30. The molecule has 2 rings (SSSR count). The molecule has 1 saturated carbocycles. The first-order valence-electron chi connectivity index (χ1n) is 5.36. The molecule has 0 spiro atoms. The first kappa shape index (κ1) is 13.0. The number of rotatable bonds is 3. The lowest BCUT2D eigenvalue weighted by molar-refractivity contribution is 0.249. The van der Waals surface area contributed by atoms with E-state index in [1.165, 1.54) is 23.5 Å². The molecular weight excluding hydrogens is 309 g/mol. The summed E-state index contributed by atoms with van der Waals surface area (Å²) in [5.74, 6) is -0.717. The zero-order chi connectivity index (χ0) is 12.6. The van der Waals surface area contributed by atoms with Gasteiger partial charge in [0.15, 0.2) is 0 Å². The van der Waals surface area contributed by atoms with Crippen molar-refractivity contribution in [2.24, 2.45) is 0 Å². The van der Waals surface area contributed by atoms with Crippen LogP contribution in [0.5, 0.6) is 0 Å². The molecule has 17 heavy (non-hydrogen) atoms. The molecule has 3 nitrogen and oxygen atoms in total. The molecule has 0 unspecified atom stereocenters. The minimum Gasteiger partial charge on any atom is -0.207 e. The molecule has 6 heteroatoms. The molecule has 0 amide bonds. The van der Waals surface area contributed by atoms with Gasteiger partial charge in [0.2, 0.25) is 10.0 Å². The smallest absolute Gasteiger partial charge is 0.207 e. The topological polar surface area (TPSA) is 37.4 Å². The van der Waals surface area contributed by atoms with E-state index in [9.17, 15) is 12.8 Å². The van der Waals surface area contributed by atoms with Crippen molar-refractivity contribution < 1.29 is 12.8 Å². The van der Waals surface area contributed by atoms with Crippen molar-refractivity contribution in [2.45, 2.75) is 30.2 Å². The van der Waals surface area contributed by atoms with E-state index in [-0.39, 0.29) is 15.4 Å². The average molecular weight is 322 g/mol. The van der Waals surface area contributed by atoms with Crippen LogP contribution in [0.4, 0.5) is 4.39 Å². The van der Waals surface area contributed by atoms with Gasteiger partial charge in [-0.25, -0.2) is 12.8 Å². The van der Waals surface area contributed by atoms with Gasteiger partial charge in [-0.2, -0.15) is 4.31 Å². The third-order valence-electron chi connectivity index (χ3n) is 3.14. The lowest BCUT2D eigenvalue weighted by Gasteiger charge is -2.33. The van der Waals surface area contributed by atoms with E-state index in [1.807, 2.05) is 0 Å². The Labute approximate surface area is 109 Å². The summed E-state index contributed by atoms with van der Waals surface area (Å²) in [6, 6.07) is 4.17. The summed E-state index contributed by atoms with van der Waals surface area (Å²) in [7, 11) is -2.24. The van der Waals surface area contributed by atoms with Gasteiger partial charge in [-0.3, -0.25) is 0 Å². The Hall–Kier alpha value is -0.460. The minimum atomic E-state index is -3.75. The van der Waals surface area contributed by atoms with Gasteiger partial charge < -0.3 is 0 Å². The third-order valence-corrected chi connectivity index (χ3v) is 6.06. The second kappa shape index (κ2) is 4.66. The van der Waals surface area contributed by atoms with Crippen LogP contribution in [0.1, 0.15) is 19.3 Å². The molecular formula is C11H13BrFNO2S. The highest BCUT2D eigenvalue weighted by molar-refractivity contribution is 9.10. The molecule has 0 radical (unpaired) electrons. The van der Waals surface area contributed by atoms with Gasteiger partial charge in [0.25, 0.3) is 0 Å². The Balaban J connectivity index is 2.44. The van der Waals surface area contributed by atoms with Gasteiger partial charge in [-0.1, -0.05) is 12.5 Å². The van der Waals surface area contributed by atoms with E-state index < -0.39 is 15.8 Å². The molecule has 0 N–H and O–H groups in total. The Kier molecular flexibility index (Phi) is 3.56. The van der Waals surface area contributed by atoms with E-state index in [1.54, 1.807) is 0 Å². The fraction of sp³-hybridized carbons (Fsp3) is 0.455. The number of hydrogen-bond acceptors (Lipinski definition) is 2. The second-order valence-corrected chi connectivity index (χ2v) is 6.95. The molecule has 0 atom stereocenters. The summed E-state index contributed by atoms with van der Waals surface area (Å²) in [5.41, 5.74) is 0. The molecule has 0 aromatic heterocycles. The Morgan fingerprint density at radius 2 is 2.06 bits per heavy atom. The van der Waals surface area contributed by atoms with Crippen molar-refractivity contribution in [1.82, 2.24) is 4.31 Å². The molecule has 1 aromatic rings.